The molecule has 0 fully saturated rings. The van der Waals surface area contributed by atoms with E-state index in [0.29, 0.717) is 11.3 Å². The van der Waals surface area contributed by atoms with E-state index >= 15 is 0 Å². The lowest BCUT2D eigenvalue weighted by Gasteiger charge is -2.26. The zero-order valence-corrected chi connectivity index (χ0v) is 12.0. The molecule has 1 atom stereocenters. The van der Waals surface area contributed by atoms with Gasteiger partial charge in [0.25, 0.3) is 0 Å². The third-order valence-electron chi connectivity index (χ3n) is 3.09. The van der Waals surface area contributed by atoms with Crippen molar-refractivity contribution in [3.8, 4) is 0 Å². The summed E-state index contributed by atoms with van der Waals surface area (Å²) in [6.45, 7) is 7.53. The molecule has 1 amide bonds. The molecule has 1 rings (SSSR count). The molecular formula is C15H22N2O2. The summed E-state index contributed by atoms with van der Waals surface area (Å²) in [5, 5.41) is 2.78. The summed E-state index contributed by atoms with van der Waals surface area (Å²) in [4.78, 5) is 23.0. The molecule has 104 valence electrons. The second-order valence-electron chi connectivity index (χ2n) is 5.86. The van der Waals surface area contributed by atoms with Crippen molar-refractivity contribution < 1.29 is 9.59 Å². The van der Waals surface area contributed by atoms with Crippen LogP contribution in [-0.2, 0) is 4.79 Å². The van der Waals surface area contributed by atoms with E-state index < -0.39 is 0 Å². The first-order chi connectivity index (χ1) is 8.70. The van der Waals surface area contributed by atoms with Crippen molar-refractivity contribution in [3.63, 3.8) is 0 Å². The second kappa shape index (κ2) is 5.97. The summed E-state index contributed by atoms with van der Waals surface area (Å²) < 4.78 is 0. The quantitative estimate of drug-likeness (QED) is 0.819. The highest BCUT2D eigenvalue weighted by Gasteiger charge is 2.23. The number of ketones is 1. The number of hydrogen-bond donors (Lipinski definition) is 2. The van der Waals surface area contributed by atoms with Crippen LogP contribution < -0.4 is 11.1 Å². The van der Waals surface area contributed by atoms with Crippen molar-refractivity contribution in [2.24, 2.45) is 11.1 Å². The van der Waals surface area contributed by atoms with Gasteiger partial charge in [0.1, 0.15) is 0 Å². The molecule has 0 spiro atoms. The molecule has 3 N–H and O–H groups in total. The van der Waals surface area contributed by atoms with E-state index in [2.05, 4.69) is 5.32 Å². The van der Waals surface area contributed by atoms with Gasteiger partial charge in [-0.25, -0.2) is 0 Å². The van der Waals surface area contributed by atoms with Crippen LogP contribution in [0.2, 0.25) is 0 Å². The molecule has 0 bridgehead atoms. The first-order valence-electron chi connectivity index (χ1n) is 6.36. The monoisotopic (exact) mass is 262 g/mol. The molecule has 0 saturated heterocycles. The van der Waals surface area contributed by atoms with Gasteiger partial charge in [-0.3, -0.25) is 9.59 Å². The van der Waals surface area contributed by atoms with Gasteiger partial charge in [0.15, 0.2) is 5.78 Å². The summed E-state index contributed by atoms with van der Waals surface area (Å²) in [6.07, 6.45) is 0.276. The van der Waals surface area contributed by atoms with Crippen LogP contribution in [0, 0.1) is 5.41 Å². The molecule has 0 aliphatic heterocycles. The van der Waals surface area contributed by atoms with Crippen LogP contribution in [0.15, 0.2) is 24.3 Å². The summed E-state index contributed by atoms with van der Waals surface area (Å²) in [7, 11) is 0. The van der Waals surface area contributed by atoms with Crippen LogP contribution in [0.4, 0.5) is 5.69 Å². The van der Waals surface area contributed by atoms with E-state index in [1.807, 2.05) is 20.8 Å². The van der Waals surface area contributed by atoms with Crippen molar-refractivity contribution >= 4 is 17.4 Å². The van der Waals surface area contributed by atoms with Gasteiger partial charge in [-0.05, 0) is 36.6 Å². The molecule has 0 heterocycles. The summed E-state index contributed by atoms with van der Waals surface area (Å²) >= 11 is 0. The summed E-state index contributed by atoms with van der Waals surface area (Å²) in [5.41, 5.74) is 7.17. The van der Waals surface area contributed by atoms with Crippen LogP contribution in [0.25, 0.3) is 0 Å². The average Bonchev–Trinajstić information content (AvgIpc) is 2.28. The molecule has 19 heavy (non-hydrogen) atoms. The normalized spacial score (nSPS) is 12.9. The van der Waals surface area contributed by atoms with E-state index in [0.717, 1.165) is 0 Å². The minimum absolute atomic E-state index is 0.00707. The molecule has 0 aliphatic rings. The maximum absolute atomic E-state index is 11.8. The van der Waals surface area contributed by atoms with Crippen LogP contribution in [0.3, 0.4) is 0 Å². The highest BCUT2D eigenvalue weighted by molar-refractivity contribution is 5.95. The Morgan fingerprint density at radius 2 is 1.74 bits per heavy atom. The average molecular weight is 262 g/mol. The molecule has 1 aromatic rings. The number of benzene rings is 1. The van der Waals surface area contributed by atoms with Gasteiger partial charge in [0.05, 0.1) is 0 Å². The number of nitrogens with one attached hydrogen (secondary N) is 1. The zero-order valence-electron chi connectivity index (χ0n) is 12.0. The van der Waals surface area contributed by atoms with Crippen molar-refractivity contribution in [2.45, 2.75) is 40.2 Å². The lowest BCUT2D eigenvalue weighted by atomic mass is 9.85. The predicted molar refractivity (Wildman–Crippen MR) is 77.1 cm³/mol. The zero-order chi connectivity index (χ0) is 14.6. The highest BCUT2D eigenvalue weighted by Crippen LogP contribution is 2.20. The Hall–Kier alpha value is -1.68. The van der Waals surface area contributed by atoms with Crippen molar-refractivity contribution in [2.75, 3.05) is 5.32 Å². The van der Waals surface area contributed by atoms with Gasteiger partial charge in [-0.1, -0.05) is 20.8 Å². The fourth-order valence-corrected chi connectivity index (χ4v) is 1.51. The lowest BCUT2D eigenvalue weighted by molar-refractivity contribution is -0.117. The number of amides is 1. The first-order valence-corrected chi connectivity index (χ1v) is 6.36. The predicted octanol–water partition coefficient (Wildman–Crippen LogP) is 2.59. The number of anilines is 1. The number of hydrogen-bond acceptors (Lipinski definition) is 3. The molecule has 1 aromatic carbocycles. The van der Waals surface area contributed by atoms with Gasteiger partial charge >= 0.3 is 0 Å². The first kappa shape index (κ1) is 15.4. The van der Waals surface area contributed by atoms with Crippen LogP contribution in [0.1, 0.15) is 44.5 Å². The Balaban J connectivity index is 2.60. The standard InChI is InChI=1S/C15H22N2O2/c1-10(18)11-5-7-12(8-6-11)17-14(19)9-13(16)15(2,3)4/h5-8,13H,9,16H2,1-4H3,(H,17,19). The Morgan fingerprint density at radius 3 is 2.16 bits per heavy atom. The smallest absolute Gasteiger partial charge is 0.225 e. The lowest BCUT2D eigenvalue weighted by Crippen LogP contribution is -2.38. The number of carbonyl (C=O) groups excluding carboxylic acids is 2. The van der Waals surface area contributed by atoms with Gasteiger partial charge in [-0.15, -0.1) is 0 Å². The third-order valence-corrected chi connectivity index (χ3v) is 3.09. The Bertz CT molecular complexity index is 458. The van der Waals surface area contributed by atoms with Gasteiger partial charge in [-0.2, -0.15) is 0 Å². The largest absolute Gasteiger partial charge is 0.327 e. The number of carbonyl (C=O) groups is 2. The molecule has 0 aromatic heterocycles. The van der Waals surface area contributed by atoms with Gasteiger partial charge in [0.2, 0.25) is 5.91 Å². The number of Topliss-reactive ketones (excluding diaryl/α,β-unsaturated/α-hetero) is 1. The number of nitrogens with two attached hydrogens (primary N) is 1. The Labute approximate surface area is 114 Å². The Kier molecular flexibility index (Phi) is 4.84. The summed E-state index contributed by atoms with van der Waals surface area (Å²) in [6, 6.07) is 6.64. The van der Waals surface area contributed by atoms with Crippen molar-refractivity contribution in [3.05, 3.63) is 29.8 Å². The van der Waals surface area contributed by atoms with Crippen LogP contribution in [0.5, 0.6) is 0 Å². The van der Waals surface area contributed by atoms with E-state index in [1.165, 1.54) is 6.92 Å². The highest BCUT2D eigenvalue weighted by atomic mass is 16.1. The van der Waals surface area contributed by atoms with Crippen LogP contribution in [-0.4, -0.2) is 17.7 Å². The Morgan fingerprint density at radius 1 is 1.21 bits per heavy atom. The maximum atomic E-state index is 11.8. The maximum Gasteiger partial charge on any atom is 0.225 e. The minimum Gasteiger partial charge on any atom is -0.327 e. The van der Waals surface area contributed by atoms with Crippen molar-refractivity contribution in [1.29, 1.82) is 0 Å². The van der Waals surface area contributed by atoms with E-state index in [9.17, 15) is 9.59 Å². The van der Waals surface area contributed by atoms with E-state index in [-0.39, 0.29) is 29.6 Å². The molecule has 0 saturated carbocycles. The topological polar surface area (TPSA) is 72.2 Å². The molecule has 4 heteroatoms. The fourth-order valence-electron chi connectivity index (χ4n) is 1.51. The molecule has 0 radical (unpaired) electrons. The minimum atomic E-state index is -0.191. The third kappa shape index (κ3) is 4.83. The molecular weight excluding hydrogens is 240 g/mol. The van der Waals surface area contributed by atoms with E-state index in [1.54, 1.807) is 24.3 Å². The molecule has 4 nitrogen and oxygen atoms in total. The van der Waals surface area contributed by atoms with Crippen molar-refractivity contribution in [1.82, 2.24) is 0 Å². The number of rotatable bonds is 4. The van der Waals surface area contributed by atoms with E-state index in [4.69, 9.17) is 5.73 Å². The fraction of sp³-hybridized carbons (Fsp3) is 0.467. The van der Waals surface area contributed by atoms with Crippen LogP contribution >= 0.6 is 0 Å². The molecule has 0 aliphatic carbocycles. The second-order valence-corrected chi connectivity index (χ2v) is 5.86. The van der Waals surface area contributed by atoms with Gasteiger partial charge in [0, 0.05) is 23.7 Å². The van der Waals surface area contributed by atoms with Gasteiger partial charge < -0.3 is 11.1 Å². The summed E-state index contributed by atoms with van der Waals surface area (Å²) in [5.74, 6) is -0.106. The molecule has 1 unspecified atom stereocenters. The SMILES string of the molecule is CC(=O)c1ccc(NC(=O)CC(N)C(C)(C)C)cc1.